The number of hydrogen-bond acceptors (Lipinski definition) is 39. The van der Waals surface area contributed by atoms with Gasteiger partial charge in [0.05, 0.1) is 26.4 Å². The molecule has 0 aliphatic carbocycles. The van der Waals surface area contributed by atoms with Crippen molar-refractivity contribution >= 4 is 116 Å². The van der Waals surface area contributed by atoms with E-state index in [9.17, 15) is 123 Å². The van der Waals surface area contributed by atoms with Crippen molar-refractivity contribution in [1.82, 2.24) is 15.3 Å². The second-order valence-corrected chi connectivity index (χ2v) is 37.9. The predicted octanol–water partition coefficient (Wildman–Crippen LogP) is 17.8. The van der Waals surface area contributed by atoms with Gasteiger partial charge in [0.2, 0.25) is 110 Å². The summed E-state index contributed by atoms with van der Waals surface area (Å²) in [4.78, 5) is 144. The van der Waals surface area contributed by atoms with Gasteiger partial charge in [0, 0.05) is 37.6 Å². The van der Waals surface area contributed by atoms with Crippen LogP contribution in [0, 0.1) is 120 Å². The van der Waals surface area contributed by atoms with E-state index in [1.54, 1.807) is 72.7 Å². The Morgan fingerprint density at radius 1 is 0.342 bits per heavy atom. The summed E-state index contributed by atoms with van der Waals surface area (Å²) in [6, 6.07) is 11.5. The summed E-state index contributed by atoms with van der Waals surface area (Å²) in [5.41, 5.74) is -2.17. The number of rotatable bonds is 36. The number of esters is 5. The number of carbonyl (C=O) groups is 12. The highest BCUT2D eigenvalue weighted by atomic mass is 33.1. The zero-order chi connectivity index (χ0) is 110. The van der Waals surface area contributed by atoms with Crippen LogP contribution in [-0.4, -0.2) is 237 Å². The van der Waals surface area contributed by atoms with Crippen LogP contribution in [0.4, 0.5) is 94.6 Å². The summed E-state index contributed by atoms with van der Waals surface area (Å²) in [7, 11) is 7.83. The quantitative estimate of drug-likeness (QED) is 0.00423. The third-order valence-corrected chi connectivity index (χ3v) is 24.2. The Balaban J connectivity index is 0.000000431. The molecule has 2 aromatic heterocycles. The minimum absolute atomic E-state index is 0.0134. The average molecular weight is 2190 g/mol. The molecular formula is C91H113F15N4O32S4. The molecule has 6 aliphatic rings. The molecular weight excluding hydrogens is 2070 g/mol. The van der Waals surface area contributed by atoms with Crippen LogP contribution in [0.15, 0.2) is 58.8 Å². The average Bonchev–Trinajstić information content (AvgIpc) is 0.787. The summed E-state index contributed by atoms with van der Waals surface area (Å²) in [6.07, 6.45) is 15.1. The summed E-state index contributed by atoms with van der Waals surface area (Å²) in [6.45, 7) is 15.0. The summed E-state index contributed by atoms with van der Waals surface area (Å²) >= 11 is 0. The van der Waals surface area contributed by atoms with Crippen molar-refractivity contribution in [2.75, 3.05) is 144 Å². The molecule has 818 valence electrons. The number of ether oxygens (including phenoxy) is 18. The number of pyridine rings is 2. The first-order chi connectivity index (χ1) is 69.0. The molecule has 0 saturated carbocycles. The molecule has 1 amide bonds. The van der Waals surface area contributed by atoms with Crippen LogP contribution in [0.5, 0.6) is 17.2 Å². The van der Waals surface area contributed by atoms with Gasteiger partial charge in [-0.2, -0.15) is 26.3 Å². The number of halogens is 15. The Kier molecular flexibility index (Phi) is 58.2. The number of carbonyl (C=O) groups excluding carboxylic acids is 12. The highest BCUT2D eigenvalue weighted by Gasteiger charge is 2.49. The molecule has 0 atom stereocenters. The predicted molar refractivity (Wildman–Crippen MR) is 485 cm³/mol. The highest BCUT2D eigenvalue weighted by molar-refractivity contribution is 8.77. The maximum absolute atomic E-state index is 13.4. The lowest BCUT2D eigenvalue weighted by Gasteiger charge is -2.30. The molecule has 5 N–H and O–H groups in total. The lowest BCUT2D eigenvalue weighted by Crippen LogP contribution is -2.49. The van der Waals surface area contributed by atoms with Crippen molar-refractivity contribution in [1.29, 1.82) is 0 Å². The topological polar surface area (TPSA) is 475 Å². The first-order valence-corrected chi connectivity index (χ1v) is 49.1. The van der Waals surface area contributed by atoms with Crippen molar-refractivity contribution in [3.63, 3.8) is 0 Å². The normalized spacial score (nSPS) is 15.8. The first-order valence-electron chi connectivity index (χ1n) is 44.5. The second-order valence-electron chi connectivity index (χ2n) is 33.0. The lowest BCUT2D eigenvalue weighted by molar-refractivity contribution is -0.166. The van der Waals surface area contributed by atoms with E-state index in [0.717, 1.165) is 68.8 Å². The number of nitrogens with zero attached hydrogens (tertiary/aromatic N) is 2. The van der Waals surface area contributed by atoms with Crippen LogP contribution in [0.3, 0.4) is 0 Å². The van der Waals surface area contributed by atoms with E-state index >= 15 is 0 Å². The van der Waals surface area contributed by atoms with Gasteiger partial charge in [0.15, 0.2) is 0 Å². The van der Waals surface area contributed by atoms with Crippen molar-refractivity contribution in [2.45, 2.75) is 162 Å². The van der Waals surface area contributed by atoms with Crippen molar-refractivity contribution in [2.24, 2.45) is 38.2 Å². The van der Waals surface area contributed by atoms with Gasteiger partial charge in [-0.25, -0.2) is 78.2 Å². The number of unbranched alkanes of at least 4 members (excludes halogenated alkanes) is 11. The maximum Gasteiger partial charge on any atom is 0.508 e. The minimum Gasteiger partial charge on any atom is -0.465 e. The Labute approximate surface area is 843 Å². The number of amides is 1. The molecule has 146 heavy (non-hydrogen) atoms. The van der Waals surface area contributed by atoms with E-state index in [1.165, 1.54) is 75.0 Å². The van der Waals surface area contributed by atoms with Gasteiger partial charge in [-0.1, -0.05) is 125 Å². The number of methoxy groups -OCH3 is 1. The third kappa shape index (κ3) is 42.8. The van der Waals surface area contributed by atoms with Crippen LogP contribution in [0.2, 0.25) is 0 Å². The maximum atomic E-state index is 13.4. The second kappa shape index (κ2) is 66.0. The van der Waals surface area contributed by atoms with Gasteiger partial charge < -0.3 is 107 Å². The highest BCUT2D eigenvalue weighted by Crippen LogP contribution is 2.39. The number of aromatic nitrogens is 2. The van der Waals surface area contributed by atoms with E-state index in [1.807, 2.05) is 43.3 Å². The number of benzene rings is 3. The summed E-state index contributed by atoms with van der Waals surface area (Å²) < 4.78 is 279. The van der Waals surface area contributed by atoms with Crippen molar-refractivity contribution in [3.05, 3.63) is 136 Å². The first kappa shape index (κ1) is 129. The molecule has 0 spiro atoms. The van der Waals surface area contributed by atoms with Crippen LogP contribution >= 0.6 is 43.2 Å². The Morgan fingerprint density at radius 3 is 0.863 bits per heavy atom. The van der Waals surface area contributed by atoms with Crippen LogP contribution in [-0.2, 0) is 99.8 Å². The number of cyclic esters (lactones) is 12. The third-order valence-electron chi connectivity index (χ3n) is 19.7. The lowest BCUT2D eigenvalue weighted by atomic mass is 9.91. The molecule has 8 heterocycles. The summed E-state index contributed by atoms with van der Waals surface area (Å²) in [5.74, 6) is -43.3. The fourth-order valence-corrected chi connectivity index (χ4v) is 14.1. The number of aliphatic hydroxyl groups is 2. The summed E-state index contributed by atoms with van der Waals surface area (Å²) in [5, 5.41) is 21.2. The number of nitrogens with one attached hydrogen (secondary N) is 1. The fraction of sp³-hybridized carbons (Fsp3) is 0.560. The molecule has 0 bridgehead atoms. The molecule has 3 aromatic carbocycles. The zero-order valence-corrected chi connectivity index (χ0v) is 84.0. The van der Waals surface area contributed by atoms with Gasteiger partial charge in [-0.15, -0.1) is 0 Å². The molecule has 0 radical (unpaired) electrons. The standard InChI is InChI=1S/C14H25NO4.C13H15NO5S2.3C12H7F5O5.C10H16O5.C8H19N.C7H9NOS2.C3H8O2/c1-3-4-5-6-7-8-9-15-12(16)14(2)10-18-13(17)19-11-14;1-13(8-18-12(16)19-9-13)11(15)17-6-7-20-21-10-4-2-3-5-14-10;3*1-12(2-20-11(19)21-3-12)10(18)22-9-7(16)5(14)4(13)6(15)8(9)17;1-3-4-5-13-8(11)10(2)6-14-9(12)15-7-10;1-2-3-4-5-6-7-8-9;9-5-6-10-11-7-3-1-2-4-8-7;1-5-3-2-4/h3-11H2,1-2H3,(H,15,16);2-5H,6-9H2,1H3;3*2-3H2,1H3;3-7H2,1-2H3;2-9H2,1H3;1-4,9H,5-6H2;4H,2-3H2,1H3. The minimum atomic E-state index is -2.38. The van der Waals surface area contributed by atoms with Crippen molar-refractivity contribution in [3.8, 4) is 17.2 Å². The molecule has 0 unspecified atom stereocenters. The molecule has 5 aromatic rings. The SMILES string of the molecule is CC1(C(=O)OCCSSc2ccccn2)COC(=O)OC1.CC1(C(=O)Oc2c(F)c(F)c(F)c(F)c2F)COC(=O)OC1.CC1(C(=O)Oc2c(F)c(F)c(F)c(F)c2F)COC(=O)OC1.CC1(C(=O)Oc2c(F)c(F)c(F)c(F)c2F)COC(=O)OC1.CCCCCCCCN.CCCCCCCCNC(=O)C1(C)COC(=O)OC1.CCCCOC(=O)C1(C)COC(=O)OC1.COCCO.OCCSSc1ccccn1. The van der Waals surface area contributed by atoms with Gasteiger partial charge in [-0.3, -0.25) is 28.8 Å². The van der Waals surface area contributed by atoms with Gasteiger partial charge in [0.25, 0.3) is 0 Å². The monoisotopic (exact) mass is 2190 g/mol. The van der Waals surface area contributed by atoms with Gasteiger partial charge in [0.1, 0.15) is 128 Å². The van der Waals surface area contributed by atoms with Crippen LogP contribution < -0.4 is 25.3 Å². The van der Waals surface area contributed by atoms with Crippen LogP contribution in [0.1, 0.15) is 152 Å². The van der Waals surface area contributed by atoms with Crippen LogP contribution in [0.25, 0.3) is 0 Å². The molecule has 55 heteroatoms. The molecule has 6 saturated heterocycles. The molecule has 6 fully saturated rings. The smallest absolute Gasteiger partial charge is 0.465 e. The Morgan fingerprint density at radius 2 is 0.603 bits per heavy atom. The fourth-order valence-electron chi connectivity index (χ4n) is 10.7. The van der Waals surface area contributed by atoms with Gasteiger partial charge in [-0.05, 0) is 113 Å². The number of hydrogen-bond donors (Lipinski definition) is 4. The molecule has 6 aliphatic heterocycles. The Hall–Kier alpha value is -11.4. The largest absolute Gasteiger partial charge is 0.508 e. The van der Waals surface area contributed by atoms with E-state index < -0.39 is 237 Å². The van der Waals surface area contributed by atoms with Gasteiger partial charge >= 0.3 is 66.8 Å². The number of aliphatic hydroxyl groups excluding tert-OH is 2. The zero-order valence-electron chi connectivity index (χ0n) is 80.8. The van der Waals surface area contributed by atoms with E-state index in [4.69, 9.17) is 44.4 Å². The van der Waals surface area contributed by atoms with Crippen molar-refractivity contribution < 1.29 is 219 Å². The Bertz CT molecular complexity index is 4640. The van der Waals surface area contributed by atoms with E-state index in [-0.39, 0.29) is 71.3 Å². The van der Waals surface area contributed by atoms with E-state index in [0.29, 0.717) is 25.5 Å². The van der Waals surface area contributed by atoms with E-state index in [2.05, 4.69) is 86.0 Å². The molecule has 11 rings (SSSR count). The molecule has 36 nitrogen and oxygen atoms in total. The number of nitrogens with two attached hydrogens (primary N) is 1.